The van der Waals surface area contributed by atoms with Crippen molar-refractivity contribution in [1.29, 1.82) is 0 Å². The van der Waals surface area contributed by atoms with Crippen LogP contribution >= 0.6 is 11.3 Å². The van der Waals surface area contributed by atoms with Crippen LogP contribution in [0.15, 0.2) is 24.3 Å². The van der Waals surface area contributed by atoms with Gasteiger partial charge in [-0.05, 0) is 38.1 Å². The summed E-state index contributed by atoms with van der Waals surface area (Å²) in [6.07, 6.45) is 3.54. The van der Waals surface area contributed by atoms with Gasteiger partial charge in [-0.2, -0.15) is 0 Å². The number of para-hydroxylation sites is 1. The summed E-state index contributed by atoms with van der Waals surface area (Å²) in [5.41, 5.74) is 1.14. The predicted molar refractivity (Wildman–Crippen MR) is 77.2 cm³/mol. The summed E-state index contributed by atoms with van der Waals surface area (Å²) in [5, 5.41) is 8.28. The first-order valence-corrected chi connectivity index (χ1v) is 7.52. The van der Waals surface area contributed by atoms with Gasteiger partial charge in [0.25, 0.3) is 0 Å². The average Bonchev–Trinajstić information content (AvgIpc) is 2.82. The molecule has 1 saturated heterocycles. The second-order valence-electron chi connectivity index (χ2n) is 4.80. The van der Waals surface area contributed by atoms with Gasteiger partial charge in [-0.3, -0.25) is 0 Å². The standard InChI is InChI=1S/C14H19N3S/c1-2-4-13-12(3-1)17-14(18-13)7-10-16-11-5-8-15-9-6-11/h1-4,11,15-16H,5-10H2. The third-order valence-electron chi connectivity index (χ3n) is 3.45. The lowest BCUT2D eigenvalue weighted by Crippen LogP contribution is -2.40. The number of piperidine rings is 1. The first kappa shape index (κ1) is 12.1. The fourth-order valence-electron chi connectivity index (χ4n) is 2.44. The summed E-state index contributed by atoms with van der Waals surface area (Å²) in [4.78, 5) is 4.66. The van der Waals surface area contributed by atoms with Crippen LogP contribution in [0.4, 0.5) is 0 Å². The first-order valence-electron chi connectivity index (χ1n) is 6.70. The van der Waals surface area contributed by atoms with E-state index in [4.69, 9.17) is 0 Å². The molecule has 1 fully saturated rings. The van der Waals surface area contributed by atoms with Gasteiger partial charge in [-0.25, -0.2) is 4.98 Å². The molecule has 0 radical (unpaired) electrons. The molecule has 1 aromatic carbocycles. The molecule has 0 spiro atoms. The maximum absolute atomic E-state index is 4.66. The number of nitrogens with zero attached hydrogens (tertiary/aromatic N) is 1. The van der Waals surface area contributed by atoms with E-state index in [9.17, 15) is 0 Å². The number of benzene rings is 1. The van der Waals surface area contributed by atoms with E-state index in [1.807, 2.05) is 11.3 Å². The highest BCUT2D eigenvalue weighted by molar-refractivity contribution is 7.18. The van der Waals surface area contributed by atoms with Crippen molar-refractivity contribution in [3.8, 4) is 0 Å². The van der Waals surface area contributed by atoms with Crippen LogP contribution in [0.25, 0.3) is 10.2 Å². The first-order chi connectivity index (χ1) is 8.92. The summed E-state index contributed by atoms with van der Waals surface area (Å²) < 4.78 is 1.30. The molecule has 0 atom stereocenters. The normalized spacial score (nSPS) is 17.3. The lowest BCUT2D eigenvalue weighted by atomic mass is 10.1. The molecule has 2 heterocycles. The minimum Gasteiger partial charge on any atom is -0.317 e. The fraction of sp³-hybridized carbons (Fsp3) is 0.500. The van der Waals surface area contributed by atoms with Crippen molar-refractivity contribution < 1.29 is 0 Å². The molecule has 0 aliphatic carbocycles. The number of nitrogens with one attached hydrogen (secondary N) is 2. The maximum atomic E-state index is 4.66. The van der Waals surface area contributed by atoms with Gasteiger partial charge in [-0.15, -0.1) is 11.3 Å². The summed E-state index contributed by atoms with van der Waals surface area (Å²) in [6.45, 7) is 3.35. The molecule has 1 aliphatic heterocycles. The average molecular weight is 261 g/mol. The minimum atomic E-state index is 0.695. The largest absolute Gasteiger partial charge is 0.317 e. The summed E-state index contributed by atoms with van der Waals surface area (Å²) in [7, 11) is 0. The predicted octanol–water partition coefficient (Wildman–Crippen LogP) is 2.18. The van der Waals surface area contributed by atoms with Crippen molar-refractivity contribution in [2.45, 2.75) is 25.3 Å². The Balaban J connectivity index is 1.53. The molecule has 2 N–H and O–H groups in total. The number of hydrogen-bond donors (Lipinski definition) is 2. The minimum absolute atomic E-state index is 0.695. The number of aromatic nitrogens is 1. The topological polar surface area (TPSA) is 37.0 Å². The lowest BCUT2D eigenvalue weighted by Gasteiger charge is -2.23. The summed E-state index contributed by atoms with van der Waals surface area (Å²) in [6, 6.07) is 9.07. The van der Waals surface area contributed by atoms with Crippen molar-refractivity contribution >= 4 is 21.6 Å². The van der Waals surface area contributed by atoms with E-state index in [2.05, 4.69) is 39.9 Å². The molecule has 0 unspecified atom stereocenters. The van der Waals surface area contributed by atoms with E-state index in [1.165, 1.54) is 22.5 Å². The number of rotatable bonds is 4. The lowest BCUT2D eigenvalue weighted by molar-refractivity contribution is 0.389. The molecule has 2 aromatic rings. The Morgan fingerprint density at radius 3 is 2.94 bits per heavy atom. The third kappa shape index (κ3) is 2.88. The van der Waals surface area contributed by atoms with Crippen molar-refractivity contribution in [3.63, 3.8) is 0 Å². The molecule has 4 heteroatoms. The van der Waals surface area contributed by atoms with Crippen molar-refractivity contribution in [1.82, 2.24) is 15.6 Å². The zero-order chi connectivity index (χ0) is 12.2. The third-order valence-corrected chi connectivity index (χ3v) is 4.55. The van der Waals surface area contributed by atoms with E-state index in [1.54, 1.807) is 0 Å². The Labute approximate surface area is 112 Å². The SMILES string of the molecule is c1ccc2sc(CCNC3CCNCC3)nc2c1. The van der Waals surface area contributed by atoms with Crippen LogP contribution in [0.2, 0.25) is 0 Å². The Bertz CT molecular complexity index is 469. The summed E-state index contributed by atoms with van der Waals surface area (Å²) >= 11 is 1.82. The van der Waals surface area contributed by atoms with Crippen LogP contribution in [-0.2, 0) is 6.42 Å². The molecule has 0 amide bonds. The van der Waals surface area contributed by atoms with E-state index in [0.717, 1.165) is 31.6 Å². The second-order valence-corrected chi connectivity index (χ2v) is 5.92. The van der Waals surface area contributed by atoms with E-state index in [-0.39, 0.29) is 0 Å². The molecule has 1 aliphatic rings. The molecule has 3 nitrogen and oxygen atoms in total. The molecule has 3 rings (SSSR count). The van der Waals surface area contributed by atoms with Crippen LogP contribution in [0.3, 0.4) is 0 Å². The smallest absolute Gasteiger partial charge is 0.0951 e. The number of thiazole rings is 1. The highest BCUT2D eigenvalue weighted by Crippen LogP contribution is 2.21. The molecular weight excluding hydrogens is 242 g/mol. The second kappa shape index (κ2) is 5.78. The Morgan fingerprint density at radius 1 is 1.28 bits per heavy atom. The van der Waals surface area contributed by atoms with Crippen molar-refractivity contribution in [2.24, 2.45) is 0 Å². The Hall–Kier alpha value is -0.970. The molecule has 96 valence electrons. The van der Waals surface area contributed by atoms with Crippen LogP contribution in [0.1, 0.15) is 17.8 Å². The summed E-state index contributed by atoms with van der Waals surface area (Å²) in [5.74, 6) is 0. The Morgan fingerprint density at radius 2 is 2.11 bits per heavy atom. The zero-order valence-corrected chi connectivity index (χ0v) is 11.3. The van der Waals surface area contributed by atoms with Crippen molar-refractivity contribution in [2.75, 3.05) is 19.6 Å². The maximum Gasteiger partial charge on any atom is 0.0951 e. The van der Waals surface area contributed by atoms with E-state index >= 15 is 0 Å². The highest BCUT2D eigenvalue weighted by Gasteiger charge is 2.11. The van der Waals surface area contributed by atoms with Crippen LogP contribution < -0.4 is 10.6 Å². The van der Waals surface area contributed by atoms with Gasteiger partial charge < -0.3 is 10.6 Å². The monoisotopic (exact) mass is 261 g/mol. The highest BCUT2D eigenvalue weighted by atomic mass is 32.1. The van der Waals surface area contributed by atoms with Gasteiger partial charge >= 0.3 is 0 Å². The van der Waals surface area contributed by atoms with Gasteiger partial charge in [0.05, 0.1) is 15.2 Å². The quantitative estimate of drug-likeness (QED) is 0.886. The molecule has 0 saturated carbocycles. The molecule has 18 heavy (non-hydrogen) atoms. The fourth-order valence-corrected chi connectivity index (χ4v) is 3.40. The van der Waals surface area contributed by atoms with Crippen molar-refractivity contribution in [3.05, 3.63) is 29.3 Å². The van der Waals surface area contributed by atoms with Gasteiger partial charge in [0.15, 0.2) is 0 Å². The van der Waals surface area contributed by atoms with E-state index in [0.29, 0.717) is 6.04 Å². The van der Waals surface area contributed by atoms with Gasteiger partial charge in [0, 0.05) is 19.0 Å². The molecule has 1 aromatic heterocycles. The van der Waals surface area contributed by atoms with Crippen LogP contribution in [0.5, 0.6) is 0 Å². The molecule has 0 bridgehead atoms. The van der Waals surface area contributed by atoms with Crippen LogP contribution in [0, 0.1) is 0 Å². The van der Waals surface area contributed by atoms with Gasteiger partial charge in [0.1, 0.15) is 0 Å². The van der Waals surface area contributed by atoms with Crippen LogP contribution in [-0.4, -0.2) is 30.7 Å². The van der Waals surface area contributed by atoms with E-state index < -0.39 is 0 Å². The molecular formula is C14H19N3S. The van der Waals surface area contributed by atoms with Gasteiger partial charge in [0.2, 0.25) is 0 Å². The number of fused-ring (bicyclic) bond motifs is 1. The Kier molecular flexibility index (Phi) is 3.88. The van der Waals surface area contributed by atoms with Gasteiger partial charge in [-0.1, -0.05) is 12.1 Å². The number of hydrogen-bond acceptors (Lipinski definition) is 4. The zero-order valence-electron chi connectivity index (χ0n) is 10.5.